The highest BCUT2D eigenvalue weighted by Gasteiger charge is 2.40. The molecule has 0 saturated carbocycles. The van der Waals surface area contributed by atoms with E-state index in [1.54, 1.807) is 12.2 Å². The minimum absolute atomic E-state index is 0.0688. The molecule has 1 N–H and O–H groups in total. The van der Waals surface area contributed by atoms with E-state index in [0.29, 0.717) is 6.42 Å². The van der Waals surface area contributed by atoms with Crippen LogP contribution in [0.3, 0.4) is 0 Å². The molecular formula is C7H11F4NO. The topological polar surface area (TPSA) is 29.1 Å². The molecule has 0 aromatic carbocycles. The van der Waals surface area contributed by atoms with E-state index >= 15 is 0 Å². The van der Waals surface area contributed by atoms with E-state index in [2.05, 4.69) is 0 Å². The largest absolute Gasteiger partial charge is 0.350 e. The van der Waals surface area contributed by atoms with Crippen molar-refractivity contribution in [3.05, 3.63) is 0 Å². The zero-order valence-corrected chi connectivity index (χ0v) is 7.12. The number of hydrogen-bond acceptors (Lipinski definition) is 1. The van der Waals surface area contributed by atoms with Crippen LogP contribution in [-0.2, 0) is 4.79 Å². The molecule has 0 bridgehead atoms. The van der Waals surface area contributed by atoms with Crippen LogP contribution in [0.25, 0.3) is 0 Å². The fourth-order valence-electron chi connectivity index (χ4n) is 0.609. The average Bonchev–Trinajstić information content (AvgIpc) is 2.01. The molecule has 13 heavy (non-hydrogen) atoms. The summed E-state index contributed by atoms with van der Waals surface area (Å²) in [6.07, 6.45) is -3.18. The van der Waals surface area contributed by atoms with Gasteiger partial charge in [-0.15, -0.1) is 0 Å². The fourth-order valence-corrected chi connectivity index (χ4v) is 0.609. The SMILES string of the molecule is CCCC(=O)NCC(F)(F)C(F)F. The first kappa shape index (κ1) is 12.2. The molecule has 6 heteroatoms. The van der Waals surface area contributed by atoms with Gasteiger partial charge in [-0.3, -0.25) is 4.79 Å². The molecule has 0 aliphatic carbocycles. The van der Waals surface area contributed by atoms with Crippen molar-refractivity contribution in [2.45, 2.75) is 32.1 Å². The molecule has 1 amide bonds. The molecule has 0 atom stereocenters. The minimum Gasteiger partial charge on any atom is -0.350 e. The predicted molar refractivity (Wildman–Crippen MR) is 38.9 cm³/mol. The van der Waals surface area contributed by atoms with Crippen molar-refractivity contribution in [2.75, 3.05) is 6.54 Å². The Morgan fingerprint density at radius 1 is 1.46 bits per heavy atom. The lowest BCUT2D eigenvalue weighted by Crippen LogP contribution is -2.41. The van der Waals surface area contributed by atoms with Crippen molar-refractivity contribution in [3.8, 4) is 0 Å². The number of hydrogen-bond donors (Lipinski definition) is 1. The van der Waals surface area contributed by atoms with Crippen molar-refractivity contribution < 1.29 is 22.4 Å². The van der Waals surface area contributed by atoms with Gasteiger partial charge in [-0.2, -0.15) is 8.78 Å². The number of carbonyl (C=O) groups is 1. The second-order valence-corrected chi connectivity index (χ2v) is 2.59. The van der Waals surface area contributed by atoms with Crippen LogP contribution in [0, 0.1) is 0 Å². The summed E-state index contributed by atoms with van der Waals surface area (Å²) in [6, 6.07) is 0. The summed E-state index contributed by atoms with van der Waals surface area (Å²) < 4.78 is 47.5. The Hall–Kier alpha value is -0.810. The third-order valence-electron chi connectivity index (χ3n) is 1.32. The quantitative estimate of drug-likeness (QED) is 0.675. The Morgan fingerprint density at radius 2 is 2.00 bits per heavy atom. The summed E-state index contributed by atoms with van der Waals surface area (Å²) in [5, 5.41) is 1.74. The van der Waals surface area contributed by atoms with Gasteiger partial charge < -0.3 is 5.32 Å². The van der Waals surface area contributed by atoms with Crippen LogP contribution in [0.5, 0.6) is 0 Å². The molecule has 0 fully saturated rings. The first-order chi connectivity index (χ1) is 5.90. The minimum atomic E-state index is -4.14. The molecule has 0 radical (unpaired) electrons. The maximum Gasteiger partial charge on any atom is 0.324 e. The number of halogens is 4. The summed E-state index contributed by atoms with van der Waals surface area (Å²) in [7, 11) is 0. The van der Waals surface area contributed by atoms with E-state index in [9.17, 15) is 22.4 Å². The first-order valence-electron chi connectivity index (χ1n) is 3.82. The van der Waals surface area contributed by atoms with Crippen molar-refractivity contribution in [1.29, 1.82) is 0 Å². The van der Waals surface area contributed by atoms with Crippen LogP contribution in [0.4, 0.5) is 17.6 Å². The lowest BCUT2D eigenvalue weighted by molar-refractivity contribution is -0.136. The normalized spacial score (nSPS) is 11.8. The average molecular weight is 201 g/mol. The van der Waals surface area contributed by atoms with Crippen molar-refractivity contribution in [2.24, 2.45) is 0 Å². The summed E-state index contributed by atoms with van der Waals surface area (Å²) in [4.78, 5) is 10.6. The predicted octanol–water partition coefficient (Wildman–Crippen LogP) is 1.80. The van der Waals surface area contributed by atoms with Crippen LogP contribution in [-0.4, -0.2) is 24.8 Å². The summed E-state index contributed by atoms with van der Waals surface area (Å²) >= 11 is 0. The molecule has 0 saturated heterocycles. The first-order valence-corrected chi connectivity index (χ1v) is 3.82. The molecule has 0 unspecified atom stereocenters. The van der Waals surface area contributed by atoms with Crippen molar-refractivity contribution >= 4 is 5.91 Å². The van der Waals surface area contributed by atoms with Gasteiger partial charge in [0.15, 0.2) is 0 Å². The molecule has 0 spiro atoms. The Kier molecular flexibility index (Phi) is 4.72. The Labute approximate surface area is 73.3 Å². The van der Waals surface area contributed by atoms with Gasteiger partial charge in [-0.05, 0) is 6.42 Å². The second kappa shape index (κ2) is 5.04. The van der Waals surface area contributed by atoms with Gasteiger partial charge in [0.1, 0.15) is 0 Å². The second-order valence-electron chi connectivity index (χ2n) is 2.59. The highest BCUT2D eigenvalue weighted by molar-refractivity contribution is 5.75. The van der Waals surface area contributed by atoms with E-state index in [4.69, 9.17) is 0 Å². The third-order valence-corrected chi connectivity index (χ3v) is 1.32. The Morgan fingerprint density at radius 3 is 2.38 bits per heavy atom. The van der Waals surface area contributed by atoms with Crippen LogP contribution < -0.4 is 5.32 Å². The number of nitrogens with one attached hydrogen (secondary N) is 1. The maximum atomic E-state index is 12.2. The zero-order chi connectivity index (χ0) is 10.5. The van der Waals surface area contributed by atoms with Crippen LogP contribution in [0.1, 0.15) is 19.8 Å². The van der Waals surface area contributed by atoms with E-state index in [-0.39, 0.29) is 6.42 Å². The molecular weight excluding hydrogens is 190 g/mol. The van der Waals surface area contributed by atoms with E-state index in [0.717, 1.165) is 0 Å². The Bertz CT molecular complexity index is 172. The molecule has 78 valence electrons. The van der Waals surface area contributed by atoms with Gasteiger partial charge in [0.2, 0.25) is 5.91 Å². The molecule has 0 aromatic rings. The van der Waals surface area contributed by atoms with Crippen LogP contribution >= 0.6 is 0 Å². The highest BCUT2D eigenvalue weighted by atomic mass is 19.3. The van der Waals surface area contributed by atoms with Crippen molar-refractivity contribution in [1.82, 2.24) is 5.32 Å². The fraction of sp³-hybridized carbons (Fsp3) is 0.857. The van der Waals surface area contributed by atoms with Gasteiger partial charge in [0.05, 0.1) is 6.54 Å². The molecule has 0 aliphatic rings. The van der Waals surface area contributed by atoms with Crippen LogP contribution in [0.2, 0.25) is 0 Å². The molecule has 2 nitrogen and oxygen atoms in total. The van der Waals surface area contributed by atoms with E-state index in [1.807, 2.05) is 0 Å². The zero-order valence-electron chi connectivity index (χ0n) is 7.12. The highest BCUT2D eigenvalue weighted by Crippen LogP contribution is 2.21. The molecule has 0 aromatic heterocycles. The lowest BCUT2D eigenvalue weighted by Gasteiger charge is -2.15. The summed E-state index contributed by atoms with van der Waals surface area (Å²) in [5.74, 6) is -4.77. The maximum absolute atomic E-state index is 12.2. The molecule has 0 heterocycles. The van der Waals surface area contributed by atoms with Gasteiger partial charge in [-0.1, -0.05) is 6.92 Å². The van der Waals surface area contributed by atoms with Gasteiger partial charge in [0, 0.05) is 6.42 Å². The smallest absolute Gasteiger partial charge is 0.324 e. The molecule has 0 rings (SSSR count). The van der Waals surface area contributed by atoms with Gasteiger partial charge >= 0.3 is 12.3 Å². The summed E-state index contributed by atoms with van der Waals surface area (Å²) in [5.41, 5.74) is 0. The monoisotopic (exact) mass is 201 g/mol. The third kappa shape index (κ3) is 4.69. The number of carbonyl (C=O) groups excluding carboxylic acids is 1. The van der Waals surface area contributed by atoms with Crippen LogP contribution in [0.15, 0.2) is 0 Å². The van der Waals surface area contributed by atoms with E-state index < -0.39 is 24.8 Å². The standard InChI is InChI=1S/C7H11F4NO/c1-2-3-5(13)12-4-7(10,11)6(8)9/h6H,2-4H2,1H3,(H,12,13). The molecule has 0 aliphatic heterocycles. The summed E-state index contributed by atoms with van der Waals surface area (Å²) in [6.45, 7) is 0.383. The number of alkyl halides is 4. The van der Waals surface area contributed by atoms with Gasteiger partial charge in [0.25, 0.3) is 0 Å². The number of rotatable bonds is 5. The Balaban J connectivity index is 3.81. The number of amides is 1. The van der Waals surface area contributed by atoms with Crippen molar-refractivity contribution in [3.63, 3.8) is 0 Å². The van der Waals surface area contributed by atoms with Gasteiger partial charge in [-0.25, -0.2) is 8.78 Å². The van der Waals surface area contributed by atoms with E-state index in [1.165, 1.54) is 0 Å². The lowest BCUT2D eigenvalue weighted by atomic mass is 10.3.